The van der Waals surface area contributed by atoms with Gasteiger partial charge in [-0.25, -0.2) is 5.53 Å². The van der Waals surface area contributed by atoms with E-state index >= 15 is 0 Å². The minimum Gasteiger partial charge on any atom is -0.505 e. The lowest BCUT2D eigenvalue weighted by Gasteiger charge is -2.08. The van der Waals surface area contributed by atoms with Crippen molar-refractivity contribution in [3.05, 3.63) is 29.8 Å². The average Bonchev–Trinajstić information content (AvgIpc) is 2.27. The monoisotopic (exact) mass is 266 g/mol. The lowest BCUT2D eigenvalue weighted by molar-refractivity contribution is 0.471. The molecule has 0 aromatic heterocycles. The van der Waals surface area contributed by atoms with Gasteiger partial charge in [0.25, 0.3) is 10.1 Å². The molecule has 2 rings (SSSR count). The molecule has 0 aliphatic heterocycles. The number of nitrogens with one attached hydrogen (secondary N) is 1. The molecule has 0 unspecified atom stereocenters. The molecule has 0 saturated heterocycles. The van der Waals surface area contributed by atoms with Crippen molar-refractivity contribution in [3.8, 4) is 5.75 Å². The number of nitrogens with zero attached hydrogens (tertiary/aromatic N) is 1. The Balaban J connectivity index is 3.00. The fourth-order valence-electron chi connectivity index (χ4n) is 1.78. The number of benzene rings is 2. The first-order valence-electron chi connectivity index (χ1n) is 4.96. The number of aromatic hydroxyl groups is 1. The van der Waals surface area contributed by atoms with Gasteiger partial charge in [0.2, 0.25) is 0 Å². The molecule has 7 heteroatoms. The van der Waals surface area contributed by atoms with Crippen LogP contribution in [0.1, 0.15) is 5.56 Å². The van der Waals surface area contributed by atoms with Gasteiger partial charge in [0.1, 0.15) is 10.6 Å². The highest BCUT2D eigenvalue weighted by molar-refractivity contribution is 7.86. The predicted molar refractivity (Wildman–Crippen MR) is 65.0 cm³/mol. The quantitative estimate of drug-likeness (QED) is 0.573. The molecule has 0 bridgehead atoms. The van der Waals surface area contributed by atoms with Gasteiger partial charge in [0.05, 0.1) is 0 Å². The summed E-state index contributed by atoms with van der Waals surface area (Å²) in [5.41, 5.74) is 7.32. The lowest BCUT2D eigenvalue weighted by atomic mass is 10.1. The van der Waals surface area contributed by atoms with Gasteiger partial charge in [-0.2, -0.15) is 13.5 Å². The molecule has 2 aromatic carbocycles. The molecular formula is C11H10N2O4S. The Labute approximate surface area is 103 Å². The molecule has 94 valence electrons. The maximum absolute atomic E-state index is 11.2. The second kappa shape index (κ2) is 4.04. The first kappa shape index (κ1) is 12.5. The van der Waals surface area contributed by atoms with E-state index in [1.165, 1.54) is 6.07 Å². The van der Waals surface area contributed by atoms with Crippen LogP contribution >= 0.6 is 0 Å². The maximum atomic E-state index is 11.2. The first-order valence-corrected chi connectivity index (χ1v) is 6.40. The average molecular weight is 266 g/mol. The zero-order chi connectivity index (χ0) is 13.5. The topological polar surface area (TPSA) is 111 Å². The summed E-state index contributed by atoms with van der Waals surface area (Å²) in [4.78, 5) is -0.576. The van der Waals surface area contributed by atoms with Gasteiger partial charge in [-0.3, -0.25) is 4.55 Å². The number of hydrogen-bond donors (Lipinski definition) is 3. The van der Waals surface area contributed by atoms with E-state index < -0.39 is 26.5 Å². The van der Waals surface area contributed by atoms with E-state index in [4.69, 9.17) is 10.1 Å². The summed E-state index contributed by atoms with van der Waals surface area (Å²) >= 11 is 0. The molecule has 0 aliphatic rings. The Morgan fingerprint density at radius 2 is 1.94 bits per heavy atom. The van der Waals surface area contributed by atoms with Gasteiger partial charge in [-0.15, -0.1) is 0 Å². The van der Waals surface area contributed by atoms with E-state index in [9.17, 15) is 13.5 Å². The third-order valence-electron chi connectivity index (χ3n) is 2.60. The van der Waals surface area contributed by atoms with Crippen LogP contribution in [0.3, 0.4) is 0 Å². The van der Waals surface area contributed by atoms with Crippen molar-refractivity contribution >= 4 is 26.6 Å². The van der Waals surface area contributed by atoms with E-state index in [-0.39, 0.29) is 0 Å². The molecule has 0 spiro atoms. The van der Waals surface area contributed by atoms with Crippen LogP contribution in [0.5, 0.6) is 5.75 Å². The van der Waals surface area contributed by atoms with Crippen molar-refractivity contribution in [3.63, 3.8) is 0 Å². The van der Waals surface area contributed by atoms with Gasteiger partial charge in [-0.05, 0) is 18.4 Å². The fraction of sp³-hybridized carbons (Fsp3) is 0.0909. The van der Waals surface area contributed by atoms with Crippen LogP contribution in [0.25, 0.3) is 10.8 Å². The number of rotatable bonds is 2. The van der Waals surface area contributed by atoms with Crippen molar-refractivity contribution in [2.24, 2.45) is 5.11 Å². The Hall–Kier alpha value is -1.99. The minimum atomic E-state index is -4.55. The highest BCUT2D eigenvalue weighted by atomic mass is 32.2. The number of phenols is 1. The smallest absolute Gasteiger partial charge is 0.296 e. The summed E-state index contributed by atoms with van der Waals surface area (Å²) in [6, 6.07) is 6.19. The summed E-state index contributed by atoms with van der Waals surface area (Å²) in [5.74, 6) is -0.435. The van der Waals surface area contributed by atoms with Crippen molar-refractivity contribution in [2.45, 2.75) is 11.8 Å². The second-order valence-corrected chi connectivity index (χ2v) is 5.27. The van der Waals surface area contributed by atoms with E-state index in [2.05, 4.69) is 5.11 Å². The van der Waals surface area contributed by atoms with Gasteiger partial charge < -0.3 is 5.11 Å². The molecule has 0 saturated carbocycles. The van der Waals surface area contributed by atoms with Crippen molar-refractivity contribution in [1.82, 2.24) is 0 Å². The molecule has 0 fully saturated rings. The summed E-state index contributed by atoms with van der Waals surface area (Å²) < 4.78 is 31.5. The molecule has 3 N–H and O–H groups in total. The van der Waals surface area contributed by atoms with Gasteiger partial charge in [0.15, 0.2) is 5.75 Å². The van der Waals surface area contributed by atoms with E-state index in [1.807, 2.05) is 6.92 Å². The van der Waals surface area contributed by atoms with Crippen molar-refractivity contribution < 1.29 is 18.1 Å². The standard InChI is InChI=1S/C11H10N2O4S/c1-6-2-3-8-7(4-6)5-9(18(15,16)17)10(13-12)11(8)14/h2-5,12,14H,1H3,(H,15,16,17). The second-order valence-electron chi connectivity index (χ2n) is 3.88. The van der Waals surface area contributed by atoms with Crippen LogP contribution < -0.4 is 0 Å². The van der Waals surface area contributed by atoms with Crippen LogP contribution in [0.4, 0.5) is 5.69 Å². The van der Waals surface area contributed by atoms with Crippen LogP contribution in [0.15, 0.2) is 34.3 Å². The molecule has 18 heavy (non-hydrogen) atoms. The molecule has 0 radical (unpaired) electrons. The highest BCUT2D eigenvalue weighted by Crippen LogP contribution is 2.40. The minimum absolute atomic E-state index is 0.374. The van der Waals surface area contributed by atoms with Crippen LogP contribution in [0.2, 0.25) is 0 Å². The third-order valence-corrected chi connectivity index (χ3v) is 3.46. The summed E-state index contributed by atoms with van der Waals surface area (Å²) in [6.45, 7) is 1.81. The fourth-order valence-corrected chi connectivity index (χ4v) is 2.44. The normalized spacial score (nSPS) is 11.7. The summed E-state index contributed by atoms with van der Waals surface area (Å²) in [5, 5.41) is 13.7. The summed E-state index contributed by atoms with van der Waals surface area (Å²) in [7, 11) is -4.55. The Bertz CT molecular complexity index is 753. The zero-order valence-electron chi connectivity index (χ0n) is 9.38. The number of fused-ring (bicyclic) bond motifs is 1. The Morgan fingerprint density at radius 3 is 2.50 bits per heavy atom. The van der Waals surface area contributed by atoms with E-state index in [0.29, 0.717) is 10.8 Å². The summed E-state index contributed by atoms with van der Waals surface area (Å²) in [6.07, 6.45) is 0. The molecule has 0 atom stereocenters. The van der Waals surface area contributed by atoms with E-state index in [1.54, 1.807) is 18.2 Å². The molecule has 6 nitrogen and oxygen atoms in total. The number of aryl methyl sites for hydroxylation is 1. The van der Waals surface area contributed by atoms with Gasteiger partial charge >= 0.3 is 0 Å². The largest absolute Gasteiger partial charge is 0.505 e. The van der Waals surface area contributed by atoms with E-state index in [0.717, 1.165) is 5.56 Å². The van der Waals surface area contributed by atoms with Crippen LogP contribution in [-0.4, -0.2) is 18.1 Å². The molecule has 0 amide bonds. The van der Waals surface area contributed by atoms with Crippen molar-refractivity contribution in [1.29, 1.82) is 5.53 Å². The van der Waals surface area contributed by atoms with Crippen LogP contribution in [-0.2, 0) is 10.1 Å². The highest BCUT2D eigenvalue weighted by Gasteiger charge is 2.21. The molecule has 2 aromatic rings. The number of phenolic OH excluding ortho intramolecular Hbond substituents is 1. The van der Waals surface area contributed by atoms with Gasteiger partial charge in [0, 0.05) is 5.39 Å². The third kappa shape index (κ3) is 1.93. The molecule has 0 aliphatic carbocycles. The first-order chi connectivity index (χ1) is 8.34. The molecular weight excluding hydrogens is 256 g/mol. The maximum Gasteiger partial charge on any atom is 0.296 e. The Kier molecular flexibility index (Phi) is 2.80. The van der Waals surface area contributed by atoms with Crippen molar-refractivity contribution in [2.75, 3.05) is 0 Å². The predicted octanol–water partition coefficient (Wildman–Crippen LogP) is 2.76. The number of hydrogen-bond acceptors (Lipinski definition) is 5. The Morgan fingerprint density at radius 1 is 1.28 bits per heavy atom. The molecule has 0 heterocycles. The lowest BCUT2D eigenvalue weighted by Crippen LogP contribution is -1.99. The van der Waals surface area contributed by atoms with Crippen LogP contribution in [0, 0.1) is 12.5 Å². The zero-order valence-corrected chi connectivity index (χ0v) is 10.2. The van der Waals surface area contributed by atoms with Gasteiger partial charge in [-0.1, -0.05) is 23.8 Å². The SMILES string of the molecule is Cc1ccc2c(O)c(N=N)c(S(=O)(=O)O)cc2c1.